The minimum absolute atomic E-state index is 0.112. The van der Waals surface area contributed by atoms with E-state index in [4.69, 9.17) is 0 Å². The predicted molar refractivity (Wildman–Crippen MR) is 90.4 cm³/mol. The molecule has 1 aliphatic carbocycles. The summed E-state index contributed by atoms with van der Waals surface area (Å²) in [5, 5.41) is 5.75. The van der Waals surface area contributed by atoms with Crippen LogP contribution in [0.1, 0.15) is 65.7 Å². The lowest BCUT2D eigenvalue weighted by atomic mass is 9.93. The van der Waals surface area contributed by atoms with E-state index in [1.54, 1.807) is 7.05 Å². The van der Waals surface area contributed by atoms with Crippen LogP contribution in [0.3, 0.4) is 0 Å². The molecule has 2 N–H and O–H groups in total. The zero-order chi connectivity index (χ0) is 16.5. The van der Waals surface area contributed by atoms with E-state index in [0.717, 1.165) is 44.6 Å². The molecule has 1 aliphatic rings. The maximum absolute atomic E-state index is 12.2. The van der Waals surface area contributed by atoms with Crippen LogP contribution < -0.4 is 10.6 Å². The van der Waals surface area contributed by atoms with Gasteiger partial charge in [0.25, 0.3) is 0 Å². The van der Waals surface area contributed by atoms with E-state index in [9.17, 15) is 9.59 Å². The molecule has 22 heavy (non-hydrogen) atoms. The normalized spacial score (nSPS) is 22.6. The second kappa shape index (κ2) is 9.86. The quantitative estimate of drug-likeness (QED) is 0.687. The molecule has 0 aromatic rings. The van der Waals surface area contributed by atoms with Crippen LogP contribution in [-0.4, -0.2) is 25.4 Å². The Bertz CT molecular complexity index is 355. The van der Waals surface area contributed by atoms with Gasteiger partial charge in [0.2, 0.25) is 11.8 Å². The van der Waals surface area contributed by atoms with Crippen LogP contribution in [0.5, 0.6) is 0 Å². The van der Waals surface area contributed by atoms with Crippen LogP contribution in [0, 0.1) is 23.7 Å². The molecule has 0 radical (unpaired) electrons. The second-order valence-corrected chi connectivity index (χ2v) is 7.26. The van der Waals surface area contributed by atoms with Gasteiger partial charge in [-0.1, -0.05) is 27.2 Å². The van der Waals surface area contributed by atoms with Gasteiger partial charge >= 0.3 is 0 Å². The maximum atomic E-state index is 12.2. The van der Waals surface area contributed by atoms with Gasteiger partial charge in [-0.15, -0.1) is 0 Å². The van der Waals surface area contributed by atoms with Crippen molar-refractivity contribution in [3.05, 3.63) is 0 Å². The van der Waals surface area contributed by atoms with Crippen LogP contribution in [0.4, 0.5) is 0 Å². The summed E-state index contributed by atoms with van der Waals surface area (Å²) in [6.07, 6.45) is 6.88. The van der Waals surface area contributed by atoms with Crippen molar-refractivity contribution < 1.29 is 9.59 Å². The van der Waals surface area contributed by atoms with Crippen LogP contribution >= 0.6 is 0 Å². The molecule has 2 amide bonds. The van der Waals surface area contributed by atoms with Gasteiger partial charge in [0.1, 0.15) is 0 Å². The van der Waals surface area contributed by atoms with Crippen molar-refractivity contribution in [2.75, 3.05) is 13.6 Å². The standard InChI is InChI=1S/C18H34N2O2/c1-13(2)15-8-9-16(12-15)18(22)20-11-10-14(3)6-5-7-17(21)19-4/h13-16H,5-12H2,1-4H3,(H,19,21)(H,20,22). The lowest BCUT2D eigenvalue weighted by Gasteiger charge is -2.16. The first-order chi connectivity index (χ1) is 10.4. The van der Waals surface area contributed by atoms with Crippen LogP contribution in [0.2, 0.25) is 0 Å². The molecule has 0 aliphatic heterocycles. The number of hydrogen-bond acceptors (Lipinski definition) is 2. The number of amides is 2. The van der Waals surface area contributed by atoms with Crippen LogP contribution in [0.25, 0.3) is 0 Å². The van der Waals surface area contributed by atoms with E-state index >= 15 is 0 Å². The minimum atomic E-state index is 0.112. The van der Waals surface area contributed by atoms with Crippen molar-refractivity contribution >= 4 is 11.8 Å². The second-order valence-electron chi connectivity index (χ2n) is 7.26. The molecule has 4 heteroatoms. The molecule has 0 aromatic heterocycles. The largest absolute Gasteiger partial charge is 0.359 e. The molecule has 0 spiro atoms. The number of nitrogens with one attached hydrogen (secondary N) is 2. The Morgan fingerprint density at radius 3 is 2.45 bits per heavy atom. The molecule has 3 atom stereocenters. The Morgan fingerprint density at radius 2 is 1.86 bits per heavy atom. The zero-order valence-electron chi connectivity index (χ0n) is 14.8. The summed E-state index contributed by atoms with van der Waals surface area (Å²) in [4.78, 5) is 23.3. The number of carbonyl (C=O) groups excluding carboxylic acids is 2. The Morgan fingerprint density at radius 1 is 1.14 bits per heavy atom. The maximum Gasteiger partial charge on any atom is 0.223 e. The molecular formula is C18H34N2O2. The van der Waals surface area contributed by atoms with Gasteiger partial charge in [0.15, 0.2) is 0 Å². The van der Waals surface area contributed by atoms with E-state index in [0.29, 0.717) is 18.3 Å². The molecule has 1 fully saturated rings. The highest BCUT2D eigenvalue weighted by Gasteiger charge is 2.31. The topological polar surface area (TPSA) is 58.2 Å². The Hall–Kier alpha value is -1.06. The first-order valence-corrected chi connectivity index (χ1v) is 8.92. The van der Waals surface area contributed by atoms with E-state index in [2.05, 4.69) is 31.4 Å². The summed E-state index contributed by atoms with van der Waals surface area (Å²) in [7, 11) is 1.67. The number of carbonyl (C=O) groups is 2. The predicted octanol–water partition coefficient (Wildman–Crippen LogP) is 3.12. The summed E-state index contributed by atoms with van der Waals surface area (Å²) < 4.78 is 0. The van der Waals surface area contributed by atoms with Crippen molar-refractivity contribution in [1.82, 2.24) is 10.6 Å². The van der Waals surface area contributed by atoms with Crippen molar-refractivity contribution in [2.45, 2.75) is 65.7 Å². The fraction of sp³-hybridized carbons (Fsp3) is 0.889. The van der Waals surface area contributed by atoms with E-state index in [-0.39, 0.29) is 17.7 Å². The van der Waals surface area contributed by atoms with Crippen molar-refractivity contribution in [1.29, 1.82) is 0 Å². The van der Waals surface area contributed by atoms with Crippen molar-refractivity contribution in [3.63, 3.8) is 0 Å². The SMILES string of the molecule is CNC(=O)CCCC(C)CCNC(=O)C1CCC(C(C)C)C1. The third-order valence-corrected chi connectivity index (χ3v) is 5.10. The highest BCUT2D eigenvalue weighted by Crippen LogP contribution is 2.35. The molecule has 4 nitrogen and oxygen atoms in total. The summed E-state index contributed by atoms with van der Waals surface area (Å²) in [5.74, 6) is 2.56. The molecule has 3 unspecified atom stereocenters. The lowest BCUT2D eigenvalue weighted by Crippen LogP contribution is -2.31. The van der Waals surface area contributed by atoms with Gasteiger partial charge in [0, 0.05) is 25.9 Å². The fourth-order valence-corrected chi connectivity index (χ4v) is 3.33. The van der Waals surface area contributed by atoms with Gasteiger partial charge in [-0.3, -0.25) is 9.59 Å². The Balaban J connectivity index is 2.11. The van der Waals surface area contributed by atoms with E-state index < -0.39 is 0 Å². The average Bonchev–Trinajstić information content (AvgIpc) is 2.97. The summed E-state index contributed by atoms with van der Waals surface area (Å²) in [6, 6.07) is 0. The Kier molecular flexibility index (Phi) is 8.51. The molecule has 0 aromatic carbocycles. The molecule has 0 bridgehead atoms. The lowest BCUT2D eigenvalue weighted by molar-refractivity contribution is -0.125. The van der Waals surface area contributed by atoms with Crippen molar-refractivity contribution in [3.8, 4) is 0 Å². The molecule has 0 heterocycles. The van der Waals surface area contributed by atoms with Crippen LogP contribution in [-0.2, 0) is 9.59 Å². The van der Waals surface area contributed by atoms with Gasteiger partial charge in [-0.25, -0.2) is 0 Å². The first kappa shape index (κ1) is 19.0. The zero-order valence-corrected chi connectivity index (χ0v) is 14.8. The third-order valence-electron chi connectivity index (χ3n) is 5.10. The third kappa shape index (κ3) is 6.80. The van der Waals surface area contributed by atoms with Gasteiger partial charge in [-0.2, -0.15) is 0 Å². The highest BCUT2D eigenvalue weighted by atomic mass is 16.2. The molecule has 128 valence electrons. The summed E-state index contributed by atoms with van der Waals surface area (Å²) in [6.45, 7) is 7.47. The monoisotopic (exact) mass is 310 g/mol. The van der Waals surface area contributed by atoms with Gasteiger partial charge in [0.05, 0.1) is 0 Å². The molecule has 1 saturated carbocycles. The van der Waals surface area contributed by atoms with Crippen LogP contribution in [0.15, 0.2) is 0 Å². The number of hydrogen-bond donors (Lipinski definition) is 2. The van der Waals surface area contributed by atoms with Gasteiger partial charge in [-0.05, 0) is 49.9 Å². The molecule has 1 rings (SSSR count). The molecule has 0 saturated heterocycles. The minimum Gasteiger partial charge on any atom is -0.359 e. The smallest absolute Gasteiger partial charge is 0.223 e. The van der Waals surface area contributed by atoms with Crippen molar-refractivity contribution in [2.24, 2.45) is 23.7 Å². The fourth-order valence-electron chi connectivity index (χ4n) is 3.33. The summed E-state index contributed by atoms with van der Waals surface area (Å²) in [5.41, 5.74) is 0. The first-order valence-electron chi connectivity index (χ1n) is 8.92. The number of rotatable bonds is 9. The molecular weight excluding hydrogens is 276 g/mol. The van der Waals surface area contributed by atoms with Gasteiger partial charge < -0.3 is 10.6 Å². The average molecular weight is 310 g/mol. The Labute approximate surface area is 135 Å². The summed E-state index contributed by atoms with van der Waals surface area (Å²) >= 11 is 0. The van der Waals surface area contributed by atoms with E-state index in [1.165, 1.54) is 6.42 Å². The highest BCUT2D eigenvalue weighted by molar-refractivity contribution is 5.78. The van der Waals surface area contributed by atoms with E-state index in [1.807, 2.05) is 0 Å².